The van der Waals surface area contributed by atoms with Crippen LogP contribution in [0.25, 0.3) is 0 Å². The smallest absolute Gasteiger partial charge is 0.172 e. The van der Waals surface area contributed by atoms with Crippen LogP contribution in [0.2, 0.25) is 0 Å². The Bertz CT molecular complexity index is 587. The zero-order valence-corrected chi connectivity index (χ0v) is 10.3. The number of para-hydroxylation sites is 1. The van der Waals surface area contributed by atoms with Crippen LogP contribution in [-0.2, 0) is 6.61 Å². The number of ether oxygens (including phenoxy) is 2. The Morgan fingerprint density at radius 3 is 2.89 bits per heavy atom. The Labute approximate surface area is 109 Å². The number of methoxy groups -OCH3 is 1. The summed E-state index contributed by atoms with van der Waals surface area (Å²) in [5, 5.41) is 0. The number of nitrogens with zero attached hydrogens (tertiary/aromatic N) is 1. The molecule has 0 aliphatic carbocycles. The maximum atomic E-state index is 13.0. The first kappa shape index (κ1) is 13.0. The number of aldehydes is 1. The van der Waals surface area contributed by atoms with Crippen LogP contribution in [0.5, 0.6) is 11.5 Å². The van der Waals surface area contributed by atoms with Gasteiger partial charge in [-0.15, -0.1) is 0 Å². The molecule has 0 N–H and O–H groups in total. The molecule has 0 radical (unpaired) electrons. The second-order valence-electron chi connectivity index (χ2n) is 3.80. The van der Waals surface area contributed by atoms with Gasteiger partial charge in [-0.05, 0) is 18.2 Å². The molecule has 1 heterocycles. The van der Waals surface area contributed by atoms with Gasteiger partial charge in [0.1, 0.15) is 12.4 Å². The lowest BCUT2D eigenvalue weighted by Crippen LogP contribution is -2.01. The molecule has 0 saturated carbocycles. The minimum Gasteiger partial charge on any atom is -0.493 e. The average Bonchev–Trinajstić information content (AvgIpc) is 2.44. The molecule has 1 aromatic heterocycles. The summed E-state index contributed by atoms with van der Waals surface area (Å²) in [6.45, 7) is 0.103. The van der Waals surface area contributed by atoms with E-state index < -0.39 is 5.82 Å². The lowest BCUT2D eigenvalue weighted by atomic mass is 10.2. The molecule has 0 unspecified atom stereocenters. The number of benzene rings is 1. The number of rotatable bonds is 5. The normalized spacial score (nSPS) is 10.0. The van der Waals surface area contributed by atoms with Crippen LogP contribution in [0, 0.1) is 5.82 Å². The molecule has 19 heavy (non-hydrogen) atoms. The summed E-state index contributed by atoms with van der Waals surface area (Å²) < 4.78 is 23.6. The number of hydrogen-bond acceptors (Lipinski definition) is 4. The van der Waals surface area contributed by atoms with Crippen LogP contribution in [0.4, 0.5) is 4.39 Å². The molecule has 4 nitrogen and oxygen atoms in total. The van der Waals surface area contributed by atoms with E-state index in [-0.39, 0.29) is 6.61 Å². The fraction of sp³-hybridized carbons (Fsp3) is 0.143. The van der Waals surface area contributed by atoms with Gasteiger partial charge in [-0.25, -0.2) is 4.39 Å². The Morgan fingerprint density at radius 2 is 2.21 bits per heavy atom. The number of aromatic nitrogens is 1. The summed E-state index contributed by atoms with van der Waals surface area (Å²) in [5.74, 6) is 0.356. The van der Waals surface area contributed by atoms with Crippen molar-refractivity contribution in [3.63, 3.8) is 0 Å². The molecule has 2 aromatic rings. The highest BCUT2D eigenvalue weighted by molar-refractivity contribution is 5.81. The second kappa shape index (κ2) is 5.95. The first-order valence-electron chi connectivity index (χ1n) is 5.59. The monoisotopic (exact) mass is 261 g/mol. The van der Waals surface area contributed by atoms with E-state index in [0.29, 0.717) is 28.9 Å². The van der Waals surface area contributed by atoms with Crippen molar-refractivity contribution < 1.29 is 18.7 Å². The summed E-state index contributed by atoms with van der Waals surface area (Å²) in [5.41, 5.74) is 0.950. The molecule has 0 amide bonds. The topological polar surface area (TPSA) is 48.4 Å². The van der Waals surface area contributed by atoms with Gasteiger partial charge in [0.05, 0.1) is 18.9 Å². The minimum atomic E-state index is -0.434. The van der Waals surface area contributed by atoms with Crippen molar-refractivity contribution in [2.75, 3.05) is 7.11 Å². The standard InChI is InChI=1S/C14H12FNO3/c1-18-13-4-2-3-11(8-17)14(13)19-9-10-5-12(15)7-16-6-10/h2-8H,9H2,1H3. The van der Waals surface area contributed by atoms with E-state index >= 15 is 0 Å². The first-order valence-corrected chi connectivity index (χ1v) is 5.59. The molecule has 0 saturated heterocycles. The van der Waals surface area contributed by atoms with Crippen molar-refractivity contribution >= 4 is 6.29 Å². The Hall–Kier alpha value is -2.43. The van der Waals surface area contributed by atoms with Crippen LogP contribution in [0.15, 0.2) is 36.7 Å². The molecule has 0 atom stereocenters. The SMILES string of the molecule is COc1cccc(C=O)c1OCc1cncc(F)c1. The predicted molar refractivity (Wildman–Crippen MR) is 66.9 cm³/mol. The highest BCUT2D eigenvalue weighted by Gasteiger charge is 2.10. The van der Waals surface area contributed by atoms with Crippen molar-refractivity contribution in [1.29, 1.82) is 0 Å². The molecule has 98 valence electrons. The first-order chi connectivity index (χ1) is 9.24. The van der Waals surface area contributed by atoms with Gasteiger partial charge in [-0.1, -0.05) is 6.07 Å². The van der Waals surface area contributed by atoms with Gasteiger partial charge in [0, 0.05) is 11.8 Å². The quantitative estimate of drug-likeness (QED) is 0.776. The summed E-state index contributed by atoms with van der Waals surface area (Å²) in [4.78, 5) is 14.7. The number of hydrogen-bond donors (Lipinski definition) is 0. The fourth-order valence-electron chi connectivity index (χ4n) is 1.63. The highest BCUT2D eigenvalue weighted by atomic mass is 19.1. The maximum Gasteiger partial charge on any atom is 0.172 e. The Morgan fingerprint density at radius 1 is 1.37 bits per heavy atom. The lowest BCUT2D eigenvalue weighted by Gasteiger charge is -2.12. The maximum absolute atomic E-state index is 13.0. The Balaban J connectivity index is 2.21. The van der Waals surface area contributed by atoms with Crippen molar-refractivity contribution in [2.45, 2.75) is 6.61 Å². The van der Waals surface area contributed by atoms with E-state index in [4.69, 9.17) is 9.47 Å². The van der Waals surface area contributed by atoms with E-state index in [1.54, 1.807) is 18.2 Å². The van der Waals surface area contributed by atoms with Crippen LogP contribution in [-0.4, -0.2) is 18.4 Å². The van der Waals surface area contributed by atoms with Gasteiger partial charge in [-0.3, -0.25) is 9.78 Å². The third-order valence-electron chi connectivity index (χ3n) is 2.50. The van der Waals surface area contributed by atoms with Gasteiger partial charge in [0.15, 0.2) is 17.8 Å². The van der Waals surface area contributed by atoms with Crippen molar-refractivity contribution in [2.24, 2.45) is 0 Å². The van der Waals surface area contributed by atoms with Gasteiger partial charge >= 0.3 is 0 Å². The van der Waals surface area contributed by atoms with E-state index in [0.717, 1.165) is 6.20 Å². The minimum absolute atomic E-state index is 0.103. The van der Waals surface area contributed by atoms with Crippen LogP contribution < -0.4 is 9.47 Å². The molecule has 0 spiro atoms. The molecule has 1 aromatic carbocycles. The zero-order chi connectivity index (χ0) is 13.7. The number of carbonyl (C=O) groups is 1. The largest absolute Gasteiger partial charge is 0.493 e. The predicted octanol–water partition coefficient (Wildman–Crippen LogP) is 2.62. The van der Waals surface area contributed by atoms with E-state index in [1.165, 1.54) is 19.4 Å². The lowest BCUT2D eigenvalue weighted by molar-refractivity contribution is 0.111. The number of halogens is 1. The van der Waals surface area contributed by atoms with Gasteiger partial charge in [0.25, 0.3) is 0 Å². The summed E-state index contributed by atoms with van der Waals surface area (Å²) in [6, 6.07) is 6.32. The summed E-state index contributed by atoms with van der Waals surface area (Å²) in [7, 11) is 1.49. The highest BCUT2D eigenvalue weighted by Crippen LogP contribution is 2.30. The second-order valence-corrected chi connectivity index (χ2v) is 3.80. The summed E-state index contributed by atoms with van der Waals surface area (Å²) >= 11 is 0. The van der Waals surface area contributed by atoms with Crippen molar-refractivity contribution in [1.82, 2.24) is 4.98 Å². The third-order valence-corrected chi connectivity index (χ3v) is 2.50. The van der Waals surface area contributed by atoms with Crippen LogP contribution in [0.1, 0.15) is 15.9 Å². The van der Waals surface area contributed by atoms with E-state index in [9.17, 15) is 9.18 Å². The number of carbonyl (C=O) groups excluding carboxylic acids is 1. The molecule has 0 aliphatic heterocycles. The third kappa shape index (κ3) is 3.07. The van der Waals surface area contributed by atoms with Crippen molar-refractivity contribution in [3.05, 3.63) is 53.6 Å². The summed E-state index contributed by atoms with van der Waals surface area (Å²) in [6.07, 6.45) is 3.30. The van der Waals surface area contributed by atoms with Crippen molar-refractivity contribution in [3.8, 4) is 11.5 Å². The van der Waals surface area contributed by atoms with E-state index in [2.05, 4.69) is 4.98 Å². The van der Waals surface area contributed by atoms with Crippen LogP contribution >= 0.6 is 0 Å². The average molecular weight is 261 g/mol. The van der Waals surface area contributed by atoms with Crippen LogP contribution in [0.3, 0.4) is 0 Å². The Kier molecular flexibility index (Phi) is 4.07. The zero-order valence-electron chi connectivity index (χ0n) is 10.3. The van der Waals surface area contributed by atoms with Gasteiger partial charge < -0.3 is 9.47 Å². The van der Waals surface area contributed by atoms with E-state index in [1.807, 2.05) is 0 Å². The molecule has 0 aliphatic rings. The molecule has 0 fully saturated rings. The molecule has 5 heteroatoms. The van der Waals surface area contributed by atoms with Gasteiger partial charge in [-0.2, -0.15) is 0 Å². The molecule has 0 bridgehead atoms. The fourth-order valence-corrected chi connectivity index (χ4v) is 1.63. The molecular weight excluding hydrogens is 249 g/mol. The number of pyridine rings is 1. The molecule has 2 rings (SSSR count). The molecular formula is C14H12FNO3. The van der Waals surface area contributed by atoms with Gasteiger partial charge in [0.2, 0.25) is 0 Å².